The summed E-state index contributed by atoms with van der Waals surface area (Å²) in [5.74, 6) is 0.401. The molecule has 0 bridgehead atoms. The monoisotopic (exact) mass is 237 g/mol. The van der Waals surface area contributed by atoms with E-state index in [1.807, 2.05) is 13.1 Å². The Morgan fingerprint density at radius 2 is 2.06 bits per heavy atom. The van der Waals surface area contributed by atoms with E-state index in [1.165, 1.54) is 31.7 Å². The number of nitrogens with zero attached hydrogens (tertiary/aromatic N) is 1. The van der Waals surface area contributed by atoms with Gasteiger partial charge in [0.2, 0.25) is 0 Å². The second-order valence-electron chi connectivity index (χ2n) is 4.93. The van der Waals surface area contributed by atoms with Crippen LogP contribution in [0, 0.1) is 11.7 Å². The van der Waals surface area contributed by atoms with Crippen LogP contribution in [0.3, 0.4) is 0 Å². The topological polar surface area (TPSA) is 23.5 Å². The lowest BCUT2D eigenvalue weighted by atomic mass is 10.1. The highest BCUT2D eigenvalue weighted by atomic mass is 19.1. The number of halogens is 1. The molecular formula is C14H20FNO. The Kier molecular flexibility index (Phi) is 4.00. The van der Waals surface area contributed by atoms with E-state index in [0.717, 1.165) is 18.2 Å². The zero-order valence-corrected chi connectivity index (χ0v) is 10.3. The number of hydrogen-bond acceptors (Lipinski definition) is 2. The van der Waals surface area contributed by atoms with Crippen molar-refractivity contribution in [2.45, 2.75) is 32.3 Å². The average Bonchev–Trinajstić information content (AvgIpc) is 2.81. The number of anilines is 1. The summed E-state index contributed by atoms with van der Waals surface area (Å²) in [4.78, 5) is 2.07. The van der Waals surface area contributed by atoms with Gasteiger partial charge >= 0.3 is 0 Å². The predicted molar refractivity (Wildman–Crippen MR) is 67.6 cm³/mol. The van der Waals surface area contributed by atoms with Crippen LogP contribution in [0.1, 0.15) is 31.2 Å². The Labute approximate surface area is 102 Å². The van der Waals surface area contributed by atoms with Gasteiger partial charge in [-0.15, -0.1) is 0 Å². The largest absolute Gasteiger partial charge is 0.391 e. The molecule has 2 rings (SSSR count). The number of aliphatic hydroxyl groups is 1. The molecule has 0 heterocycles. The van der Waals surface area contributed by atoms with Crippen molar-refractivity contribution in [2.24, 2.45) is 5.92 Å². The minimum atomic E-state index is -0.316. The van der Waals surface area contributed by atoms with Crippen molar-refractivity contribution in [1.82, 2.24) is 0 Å². The molecule has 1 aromatic carbocycles. The number of aliphatic hydroxyl groups excluding tert-OH is 1. The molecular weight excluding hydrogens is 217 g/mol. The van der Waals surface area contributed by atoms with E-state index in [2.05, 4.69) is 4.90 Å². The predicted octanol–water partition coefficient (Wildman–Crippen LogP) is 2.94. The molecule has 3 heteroatoms. The lowest BCUT2D eigenvalue weighted by molar-refractivity contribution is 0.276. The summed E-state index contributed by atoms with van der Waals surface area (Å²) >= 11 is 0. The van der Waals surface area contributed by atoms with Crippen LogP contribution < -0.4 is 4.90 Å². The van der Waals surface area contributed by atoms with Crippen molar-refractivity contribution in [3.8, 4) is 0 Å². The standard InChI is InChI=1S/C14H20FNO/c1-16(9-11-5-2-3-6-11)14-8-4-7-13(15)12(14)10-17/h4,7-8,11,17H,2-3,5-6,9-10H2,1H3. The first-order chi connectivity index (χ1) is 8.22. The van der Waals surface area contributed by atoms with Gasteiger partial charge < -0.3 is 10.0 Å². The molecule has 2 nitrogen and oxygen atoms in total. The normalized spacial score (nSPS) is 16.4. The zero-order chi connectivity index (χ0) is 12.3. The third-order valence-corrected chi connectivity index (χ3v) is 3.67. The molecule has 17 heavy (non-hydrogen) atoms. The Morgan fingerprint density at radius 1 is 1.35 bits per heavy atom. The molecule has 0 radical (unpaired) electrons. The van der Waals surface area contributed by atoms with Crippen LogP contribution in [0.25, 0.3) is 0 Å². The third kappa shape index (κ3) is 2.78. The molecule has 0 spiro atoms. The summed E-state index contributed by atoms with van der Waals surface area (Å²) in [6, 6.07) is 4.98. The minimum Gasteiger partial charge on any atom is -0.391 e. The number of rotatable bonds is 4. The fourth-order valence-electron chi connectivity index (χ4n) is 2.74. The van der Waals surface area contributed by atoms with Crippen LogP contribution in [-0.2, 0) is 6.61 Å². The molecule has 1 aliphatic rings. The fourth-order valence-corrected chi connectivity index (χ4v) is 2.74. The van der Waals surface area contributed by atoms with E-state index < -0.39 is 0 Å². The van der Waals surface area contributed by atoms with Crippen LogP contribution in [0.15, 0.2) is 18.2 Å². The molecule has 1 fully saturated rings. The Bertz CT molecular complexity index is 374. The van der Waals surface area contributed by atoms with Crippen LogP contribution in [0.4, 0.5) is 10.1 Å². The molecule has 0 unspecified atom stereocenters. The van der Waals surface area contributed by atoms with Gasteiger partial charge in [-0.2, -0.15) is 0 Å². The smallest absolute Gasteiger partial charge is 0.130 e. The van der Waals surface area contributed by atoms with Gasteiger partial charge in [-0.25, -0.2) is 4.39 Å². The maximum absolute atomic E-state index is 13.5. The molecule has 1 N–H and O–H groups in total. The van der Waals surface area contributed by atoms with Crippen molar-refractivity contribution >= 4 is 5.69 Å². The summed E-state index contributed by atoms with van der Waals surface area (Å²) in [5, 5.41) is 9.24. The first-order valence-electron chi connectivity index (χ1n) is 6.31. The van der Waals surface area contributed by atoms with Gasteiger partial charge in [0.25, 0.3) is 0 Å². The molecule has 1 aromatic rings. The molecule has 0 aliphatic heterocycles. The van der Waals surface area contributed by atoms with Gasteiger partial charge in [-0.1, -0.05) is 18.9 Å². The zero-order valence-electron chi connectivity index (χ0n) is 10.3. The van der Waals surface area contributed by atoms with Crippen molar-refractivity contribution in [2.75, 3.05) is 18.5 Å². The number of hydrogen-bond donors (Lipinski definition) is 1. The van der Waals surface area contributed by atoms with E-state index >= 15 is 0 Å². The van der Waals surface area contributed by atoms with E-state index in [0.29, 0.717) is 5.56 Å². The van der Waals surface area contributed by atoms with E-state index in [9.17, 15) is 9.50 Å². The molecule has 0 amide bonds. The van der Waals surface area contributed by atoms with Crippen molar-refractivity contribution in [3.63, 3.8) is 0 Å². The summed E-state index contributed by atoms with van der Waals surface area (Å²) in [7, 11) is 1.98. The first kappa shape index (κ1) is 12.4. The SMILES string of the molecule is CN(CC1CCCC1)c1cccc(F)c1CO. The summed E-state index contributed by atoms with van der Waals surface area (Å²) in [5.41, 5.74) is 1.23. The second-order valence-corrected chi connectivity index (χ2v) is 4.93. The quantitative estimate of drug-likeness (QED) is 0.870. The average molecular weight is 237 g/mol. The molecule has 1 saturated carbocycles. The fraction of sp³-hybridized carbons (Fsp3) is 0.571. The van der Waals surface area contributed by atoms with Gasteiger partial charge in [0.05, 0.1) is 6.61 Å². The lowest BCUT2D eigenvalue weighted by Gasteiger charge is -2.25. The highest BCUT2D eigenvalue weighted by molar-refractivity contribution is 5.53. The molecule has 0 aromatic heterocycles. The van der Waals surface area contributed by atoms with Gasteiger partial charge in [-0.05, 0) is 30.9 Å². The molecule has 1 aliphatic carbocycles. The Morgan fingerprint density at radius 3 is 2.71 bits per heavy atom. The number of benzene rings is 1. The summed E-state index contributed by atoms with van der Waals surface area (Å²) in [6.45, 7) is 0.716. The van der Waals surface area contributed by atoms with E-state index in [1.54, 1.807) is 6.07 Å². The van der Waals surface area contributed by atoms with Gasteiger partial charge in [-0.3, -0.25) is 0 Å². The van der Waals surface area contributed by atoms with Gasteiger partial charge in [0.15, 0.2) is 0 Å². The highest BCUT2D eigenvalue weighted by Crippen LogP contribution is 2.28. The Balaban J connectivity index is 2.12. The van der Waals surface area contributed by atoms with Gasteiger partial charge in [0.1, 0.15) is 5.82 Å². The van der Waals surface area contributed by atoms with Crippen LogP contribution in [-0.4, -0.2) is 18.7 Å². The van der Waals surface area contributed by atoms with Crippen LogP contribution >= 0.6 is 0 Å². The molecule has 94 valence electrons. The maximum atomic E-state index is 13.5. The minimum absolute atomic E-state index is 0.239. The first-order valence-corrected chi connectivity index (χ1v) is 6.31. The van der Waals surface area contributed by atoms with Crippen molar-refractivity contribution in [3.05, 3.63) is 29.6 Å². The van der Waals surface area contributed by atoms with Crippen LogP contribution in [0.2, 0.25) is 0 Å². The van der Waals surface area contributed by atoms with Crippen LogP contribution in [0.5, 0.6) is 0 Å². The van der Waals surface area contributed by atoms with Gasteiger partial charge in [0, 0.05) is 24.8 Å². The molecule has 0 atom stereocenters. The third-order valence-electron chi connectivity index (χ3n) is 3.67. The summed E-state index contributed by atoms with van der Waals surface area (Å²) < 4.78 is 13.5. The summed E-state index contributed by atoms with van der Waals surface area (Å²) in [6.07, 6.45) is 5.17. The van der Waals surface area contributed by atoms with E-state index in [4.69, 9.17) is 0 Å². The maximum Gasteiger partial charge on any atom is 0.130 e. The highest BCUT2D eigenvalue weighted by Gasteiger charge is 2.19. The molecule has 0 saturated heterocycles. The Hall–Kier alpha value is -1.09. The lowest BCUT2D eigenvalue weighted by Crippen LogP contribution is -2.25. The van der Waals surface area contributed by atoms with Crippen molar-refractivity contribution in [1.29, 1.82) is 0 Å². The van der Waals surface area contributed by atoms with E-state index in [-0.39, 0.29) is 12.4 Å². The second kappa shape index (κ2) is 5.50. The van der Waals surface area contributed by atoms with Crippen molar-refractivity contribution < 1.29 is 9.50 Å².